The second kappa shape index (κ2) is 6.02. The van der Waals surface area contributed by atoms with Gasteiger partial charge in [0.2, 0.25) is 10.0 Å². The first-order valence-corrected chi connectivity index (χ1v) is 7.83. The Morgan fingerprint density at radius 1 is 1.37 bits per heavy atom. The van der Waals surface area contributed by atoms with Crippen LogP contribution in [-0.4, -0.2) is 36.0 Å². The lowest BCUT2D eigenvalue weighted by Crippen LogP contribution is -2.29. The van der Waals surface area contributed by atoms with Gasteiger partial charge in [0.15, 0.2) is 0 Å². The van der Waals surface area contributed by atoms with E-state index in [1.165, 1.54) is 0 Å². The number of hydrogen-bond acceptors (Lipinski definition) is 4. The van der Waals surface area contributed by atoms with E-state index in [0.717, 1.165) is 0 Å². The van der Waals surface area contributed by atoms with E-state index in [2.05, 4.69) is 9.82 Å². The Bertz CT molecular complexity index is 535. The maximum atomic E-state index is 12.2. The van der Waals surface area contributed by atoms with E-state index >= 15 is 0 Å². The Morgan fingerprint density at radius 2 is 1.95 bits per heavy atom. The molecule has 2 N–H and O–H groups in total. The van der Waals surface area contributed by atoms with Gasteiger partial charge < -0.3 is 5.11 Å². The fourth-order valence-corrected chi connectivity index (χ4v) is 3.37. The number of nitrogens with zero attached hydrogens (tertiary/aromatic N) is 2. The number of hydrogen-bond donors (Lipinski definition) is 2. The van der Waals surface area contributed by atoms with Crippen molar-refractivity contribution < 1.29 is 13.5 Å². The van der Waals surface area contributed by atoms with Crippen LogP contribution in [0, 0.1) is 19.8 Å². The third-order valence-electron chi connectivity index (χ3n) is 3.21. The molecular formula is C12H23N3O3S. The van der Waals surface area contributed by atoms with E-state index in [0.29, 0.717) is 17.8 Å². The van der Waals surface area contributed by atoms with E-state index in [9.17, 15) is 13.5 Å². The van der Waals surface area contributed by atoms with Crippen molar-refractivity contribution in [2.45, 2.75) is 45.1 Å². The molecule has 0 aliphatic carbocycles. The van der Waals surface area contributed by atoms with Crippen LogP contribution in [0.4, 0.5) is 0 Å². The van der Waals surface area contributed by atoms with Crippen LogP contribution in [0.3, 0.4) is 0 Å². The molecule has 0 aliphatic rings. The average molecular weight is 289 g/mol. The lowest BCUT2D eigenvalue weighted by Gasteiger charge is -2.14. The number of sulfonamides is 1. The van der Waals surface area contributed by atoms with Gasteiger partial charge >= 0.3 is 0 Å². The molecule has 0 radical (unpaired) electrons. The summed E-state index contributed by atoms with van der Waals surface area (Å²) in [6.07, 6.45) is -0.103. The average Bonchev–Trinajstić information content (AvgIpc) is 2.52. The first-order chi connectivity index (χ1) is 8.66. The fraction of sp³-hybridized carbons (Fsp3) is 0.750. The minimum Gasteiger partial charge on any atom is -0.393 e. The van der Waals surface area contributed by atoms with E-state index < -0.39 is 16.1 Å². The van der Waals surface area contributed by atoms with Gasteiger partial charge in [0.1, 0.15) is 4.90 Å². The predicted octanol–water partition coefficient (Wildman–Crippen LogP) is 0.722. The van der Waals surface area contributed by atoms with E-state index in [4.69, 9.17) is 0 Å². The Hall–Kier alpha value is -0.920. The molecule has 1 unspecified atom stereocenters. The first-order valence-electron chi connectivity index (χ1n) is 6.34. The number of rotatable bonds is 6. The molecule has 0 amide bonds. The topological polar surface area (TPSA) is 84.2 Å². The molecule has 0 spiro atoms. The Kier molecular flexibility index (Phi) is 5.11. The van der Waals surface area contributed by atoms with Crippen molar-refractivity contribution in [2.75, 3.05) is 6.54 Å². The van der Waals surface area contributed by atoms with Crippen LogP contribution in [0.2, 0.25) is 0 Å². The molecule has 7 heteroatoms. The fourth-order valence-electron chi connectivity index (χ4n) is 1.89. The van der Waals surface area contributed by atoms with Crippen molar-refractivity contribution in [2.24, 2.45) is 13.0 Å². The van der Waals surface area contributed by atoms with Crippen LogP contribution < -0.4 is 4.72 Å². The lowest BCUT2D eigenvalue weighted by molar-refractivity contribution is 0.118. The highest BCUT2D eigenvalue weighted by Crippen LogP contribution is 2.18. The van der Waals surface area contributed by atoms with Crippen LogP contribution >= 0.6 is 0 Å². The van der Waals surface area contributed by atoms with Gasteiger partial charge in [-0.25, -0.2) is 13.1 Å². The van der Waals surface area contributed by atoms with Gasteiger partial charge in [0, 0.05) is 13.6 Å². The quantitative estimate of drug-likeness (QED) is 0.808. The third kappa shape index (κ3) is 3.77. The zero-order valence-electron chi connectivity index (χ0n) is 12.1. The van der Waals surface area contributed by atoms with E-state index in [1.807, 2.05) is 13.8 Å². The summed E-state index contributed by atoms with van der Waals surface area (Å²) in [4.78, 5) is 0.231. The van der Waals surface area contributed by atoms with Crippen LogP contribution in [-0.2, 0) is 17.1 Å². The highest BCUT2D eigenvalue weighted by molar-refractivity contribution is 7.89. The molecule has 0 saturated heterocycles. The molecular weight excluding hydrogens is 266 g/mol. The molecule has 110 valence electrons. The molecule has 6 nitrogen and oxygen atoms in total. The van der Waals surface area contributed by atoms with Gasteiger partial charge in [-0.3, -0.25) is 4.68 Å². The molecule has 0 bridgehead atoms. The van der Waals surface area contributed by atoms with E-state index in [-0.39, 0.29) is 17.4 Å². The minimum absolute atomic E-state index is 0.117. The second-order valence-corrected chi connectivity index (χ2v) is 6.83. The highest BCUT2D eigenvalue weighted by Gasteiger charge is 2.23. The number of aliphatic hydroxyl groups excluding tert-OH is 1. The summed E-state index contributed by atoms with van der Waals surface area (Å²) in [5.74, 6) is 0.117. The predicted molar refractivity (Wildman–Crippen MR) is 73.3 cm³/mol. The zero-order chi connectivity index (χ0) is 14.8. The maximum Gasteiger partial charge on any atom is 0.244 e. The van der Waals surface area contributed by atoms with Crippen LogP contribution in [0.5, 0.6) is 0 Å². The monoisotopic (exact) mass is 289 g/mol. The second-order valence-electron chi connectivity index (χ2n) is 5.12. The van der Waals surface area contributed by atoms with Crippen molar-refractivity contribution in [1.82, 2.24) is 14.5 Å². The minimum atomic E-state index is -3.57. The summed E-state index contributed by atoms with van der Waals surface area (Å²) < 4.78 is 28.4. The first kappa shape index (κ1) is 16.1. The molecule has 0 saturated carbocycles. The van der Waals surface area contributed by atoms with Crippen molar-refractivity contribution in [3.63, 3.8) is 0 Å². The molecule has 1 aromatic rings. The Morgan fingerprint density at radius 3 is 2.37 bits per heavy atom. The molecule has 1 atom stereocenters. The van der Waals surface area contributed by atoms with Crippen molar-refractivity contribution in [1.29, 1.82) is 0 Å². The van der Waals surface area contributed by atoms with Gasteiger partial charge in [0.25, 0.3) is 0 Å². The van der Waals surface area contributed by atoms with Crippen LogP contribution in [0.15, 0.2) is 4.90 Å². The maximum absolute atomic E-state index is 12.2. The van der Waals surface area contributed by atoms with Crippen molar-refractivity contribution in [3.8, 4) is 0 Å². The Balaban J connectivity index is 2.77. The van der Waals surface area contributed by atoms with Gasteiger partial charge in [-0.05, 0) is 26.2 Å². The molecule has 0 aromatic carbocycles. The smallest absolute Gasteiger partial charge is 0.244 e. The SMILES string of the molecule is Cc1nn(C)c(C)c1S(=O)(=O)NCCC(O)C(C)C. The standard InChI is InChI=1S/C12H23N3O3S/c1-8(2)11(16)6-7-13-19(17,18)12-9(3)14-15(5)10(12)4/h8,11,13,16H,6-7H2,1-5H3. The molecule has 1 rings (SSSR count). The summed E-state index contributed by atoms with van der Waals surface area (Å²) in [6, 6.07) is 0. The zero-order valence-corrected chi connectivity index (χ0v) is 13.0. The normalized spacial score (nSPS) is 14.1. The van der Waals surface area contributed by atoms with Gasteiger partial charge in [-0.15, -0.1) is 0 Å². The largest absolute Gasteiger partial charge is 0.393 e. The van der Waals surface area contributed by atoms with Crippen molar-refractivity contribution in [3.05, 3.63) is 11.4 Å². The summed E-state index contributed by atoms with van der Waals surface area (Å²) in [7, 11) is -1.85. The Labute approximate surface area is 114 Å². The summed E-state index contributed by atoms with van der Waals surface area (Å²) in [5, 5.41) is 13.8. The van der Waals surface area contributed by atoms with Crippen LogP contribution in [0.1, 0.15) is 31.7 Å². The van der Waals surface area contributed by atoms with Crippen LogP contribution in [0.25, 0.3) is 0 Å². The number of aryl methyl sites for hydroxylation is 2. The van der Waals surface area contributed by atoms with Gasteiger partial charge in [-0.1, -0.05) is 13.8 Å². The summed E-state index contributed by atoms with van der Waals surface area (Å²) in [5.41, 5.74) is 1.09. The number of nitrogens with one attached hydrogen (secondary N) is 1. The van der Waals surface area contributed by atoms with Crippen molar-refractivity contribution >= 4 is 10.0 Å². The van der Waals surface area contributed by atoms with Gasteiger partial charge in [0.05, 0.1) is 17.5 Å². The third-order valence-corrected chi connectivity index (χ3v) is 4.93. The molecule has 19 heavy (non-hydrogen) atoms. The van der Waals surface area contributed by atoms with Gasteiger partial charge in [-0.2, -0.15) is 5.10 Å². The molecule has 0 fully saturated rings. The number of aromatic nitrogens is 2. The molecule has 0 aliphatic heterocycles. The summed E-state index contributed by atoms with van der Waals surface area (Å²) in [6.45, 7) is 7.40. The molecule has 1 aromatic heterocycles. The number of aliphatic hydroxyl groups is 1. The molecule has 1 heterocycles. The lowest BCUT2D eigenvalue weighted by atomic mass is 10.1. The summed E-state index contributed by atoms with van der Waals surface area (Å²) >= 11 is 0. The van der Waals surface area contributed by atoms with E-state index in [1.54, 1.807) is 25.6 Å². The highest BCUT2D eigenvalue weighted by atomic mass is 32.2.